The molecular formula is C12H16O3. The highest BCUT2D eigenvalue weighted by molar-refractivity contribution is 5.49. The number of aliphatic hydroxyl groups is 1. The summed E-state index contributed by atoms with van der Waals surface area (Å²) >= 11 is 0. The highest BCUT2D eigenvalue weighted by atomic mass is 16.7. The minimum Gasteiger partial charge on any atom is -0.384 e. The van der Waals surface area contributed by atoms with Gasteiger partial charge in [0.25, 0.3) is 0 Å². The van der Waals surface area contributed by atoms with Crippen molar-refractivity contribution in [3.8, 4) is 0 Å². The van der Waals surface area contributed by atoms with Gasteiger partial charge in [0.15, 0.2) is 6.29 Å². The van der Waals surface area contributed by atoms with Crippen molar-refractivity contribution in [1.29, 1.82) is 0 Å². The Balaban J connectivity index is 2.57. The molecule has 0 fully saturated rings. The second-order valence-electron chi connectivity index (χ2n) is 3.10. The summed E-state index contributed by atoms with van der Waals surface area (Å²) in [5.41, 5.74) is 1.03. The third-order valence-corrected chi connectivity index (χ3v) is 2.03. The van der Waals surface area contributed by atoms with E-state index in [1.54, 1.807) is 6.08 Å². The molecule has 3 nitrogen and oxygen atoms in total. The van der Waals surface area contributed by atoms with Crippen LogP contribution >= 0.6 is 0 Å². The summed E-state index contributed by atoms with van der Waals surface area (Å²) in [4.78, 5) is 0. The van der Waals surface area contributed by atoms with Gasteiger partial charge >= 0.3 is 0 Å². The fourth-order valence-electron chi connectivity index (χ4n) is 1.24. The Morgan fingerprint density at radius 2 is 1.73 bits per heavy atom. The lowest BCUT2D eigenvalue weighted by Gasteiger charge is -2.16. The Kier molecular flexibility index (Phi) is 5.04. The number of hydrogen-bond donors (Lipinski definition) is 1. The predicted octanol–water partition coefficient (Wildman–Crippen LogP) is 1.68. The smallest absolute Gasteiger partial charge is 0.186 e. The summed E-state index contributed by atoms with van der Waals surface area (Å²) in [5.74, 6) is 0. The molecule has 1 aromatic rings. The first kappa shape index (κ1) is 11.9. The SMILES string of the molecule is COC(OC)C(O)/C=C/c1ccccc1. The summed E-state index contributed by atoms with van der Waals surface area (Å²) in [6.45, 7) is 0. The van der Waals surface area contributed by atoms with Crippen LogP contribution in [0.15, 0.2) is 36.4 Å². The van der Waals surface area contributed by atoms with Gasteiger partial charge in [0.2, 0.25) is 0 Å². The Labute approximate surface area is 90.0 Å². The van der Waals surface area contributed by atoms with Gasteiger partial charge in [-0.3, -0.25) is 0 Å². The Bertz CT molecular complexity index is 291. The monoisotopic (exact) mass is 208 g/mol. The van der Waals surface area contributed by atoms with Gasteiger partial charge in [-0.25, -0.2) is 0 Å². The van der Waals surface area contributed by atoms with E-state index in [4.69, 9.17) is 9.47 Å². The molecular weight excluding hydrogens is 192 g/mol. The van der Waals surface area contributed by atoms with Gasteiger partial charge in [0.05, 0.1) is 0 Å². The van der Waals surface area contributed by atoms with E-state index in [-0.39, 0.29) is 0 Å². The van der Waals surface area contributed by atoms with E-state index >= 15 is 0 Å². The molecule has 15 heavy (non-hydrogen) atoms. The minimum atomic E-state index is -0.764. The number of benzene rings is 1. The van der Waals surface area contributed by atoms with Crippen LogP contribution in [0.4, 0.5) is 0 Å². The predicted molar refractivity (Wildman–Crippen MR) is 59.3 cm³/mol. The maximum absolute atomic E-state index is 9.63. The highest BCUT2D eigenvalue weighted by Gasteiger charge is 2.13. The van der Waals surface area contributed by atoms with E-state index in [0.717, 1.165) is 5.56 Å². The van der Waals surface area contributed by atoms with Crippen LogP contribution in [0.2, 0.25) is 0 Å². The van der Waals surface area contributed by atoms with E-state index in [2.05, 4.69) is 0 Å². The van der Waals surface area contributed by atoms with Gasteiger partial charge in [-0.2, -0.15) is 0 Å². The fourth-order valence-corrected chi connectivity index (χ4v) is 1.24. The molecule has 3 heteroatoms. The van der Waals surface area contributed by atoms with E-state index in [1.807, 2.05) is 36.4 Å². The molecule has 1 atom stereocenters. The Hall–Kier alpha value is -1.16. The molecule has 0 aliphatic rings. The van der Waals surface area contributed by atoms with Crippen molar-refractivity contribution in [3.05, 3.63) is 42.0 Å². The molecule has 0 aliphatic carbocycles. The molecule has 0 saturated carbocycles. The summed E-state index contributed by atoms with van der Waals surface area (Å²) in [7, 11) is 2.99. The lowest BCUT2D eigenvalue weighted by molar-refractivity contribution is -0.149. The zero-order valence-corrected chi connectivity index (χ0v) is 8.96. The van der Waals surface area contributed by atoms with Crippen molar-refractivity contribution < 1.29 is 14.6 Å². The van der Waals surface area contributed by atoms with Crippen molar-refractivity contribution in [2.75, 3.05) is 14.2 Å². The maximum Gasteiger partial charge on any atom is 0.186 e. The van der Waals surface area contributed by atoms with Crippen LogP contribution in [0.1, 0.15) is 5.56 Å². The van der Waals surface area contributed by atoms with Gasteiger partial charge < -0.3 is 14.6 Å². The molecule has 0 spiro atoms. The molecule has 0 aliphatic heterocycles. The van der Waals surface area contributed by atoms with E-state index in [9.17, 15) is 5.11 Å². The molecule has 82 valence electrons. The molecule has 0 bridgehead atoms. The van der Waals surface area contributed by atoms with Crippen LogP contribution in [-0.4, -0.2) is 31.7 Å². The third kappa shape index (κ3) is 3.83. The molecule has 1 rings (SSSR count). The van der Waals surface area contributed by atoms with Crippen molar-refractivity contribution >= 4 is 6.08 Å². The Morgan fingerprint density at radius 1 is 1.13 bits per heavy atom. The fraction of sp³-hybridized carbons (Fsp3) is 0.333. The van der Waals surface area contributed by atoms with Crippen LogP contribution in [0, 0.1) is 0 Å². The number of methoxy groups -OCH3 is 2. The van der Waals surface area contributed by atoms with Crippen LogP contribution < -0.4 is 0 Å². The Morgan fingerprint density at radius 3 is 2.27 bits per heavy atom. The van der Waals surface area contributed by atoms with Gasteiger partial charge in [-0.05, 0) is 5.56 Å². The van der Waals surface area contributed by atoms with Crippen molar-refractivity contribution in [3.63, 3.8) is 0 Å². The third-order valence-electron chi connectivity index (χ3n) is 2.03. The minimum absolute atomic E-state index is 0.620. The van der Waals surface area contributed by atoms with Crippen molar-refractivity contribution in [2.45, 2.75) is 12.4 Å². The second kappa shape index (κ2) is 6.35. The molecule has 0 radical (unpaired) electrons. The zero-order valence-electron chi connectivity index (χ0n) is 8.96. The lowest BCUT2D eigenvalue weighted by atomic mass is 10.2. The first-order valence-corrected chi connectivity index (χ1v) is 4.75. The van der Waals surface area contributed by atoms with Gasteiger partial charge in [0.1, 0.15) is 6.10 Å². The van der Waals surface area contributed by atoms with E-state index in [0.29, 0.717) is 0 Å². The molecule has 0 amide bonds. The summed E-state index contributed by atoms with van der Waals surface area (Å²) in [6.07, 6.45) is 2.09. The number of aliphatic hydroxyl groups excluding tert-OH is 1. The summed E-state index contributed by atoms with van der Waals surface area (Å²) in [5, 5.41) is 9.63. The van der Waals surface area contributed by atoms with Crippen LogP contribution in [0.25, 0.3) is 6.08 Å². The van der Waals surface area contributed by atoms with E-state index < -0.39 is 12.4 Å². The first-order valence-electron chi connectivity index (χ1n) is 4.75. The highest BCUT2D eigenvalue weighted by Crippen LogP contribution is 2.06. The van der Waals surface area contributed by atoms with Crippen LogP contribution in [-0.2, 0) is 9.47 Å². The molecule has 1 unspecified atom stereocenters. The van der Waals surface area contributed by atoms with Crippen LogP contribution in [0.3, 0.4) is 0 Å². The molecule has 0 aromatic heterocycles. The summed E-state index contributed by atoms with van der Waals surface area (Å²) < 4.78 is 9.85. The van der Waals surface area contributed by atoms with Gasteiger partial charge in [0, 0.05) is 14.2 Å². The molecule has 1 aromatic carbocycles. The van der Waals surface area contributed by atoms with E-state index in [1.165, 1.54) is 14.2 Å². The zero-order chi connectivity index (χ0) is 11.1. The lowest BCUT2D eigenvalue weighted by Crippen LogP contribution is -2.27. The molecule has 1 N–H and O–H groups in total. The van der Waals surface area contributed by atoms with Crippen molar-refractivity contribution in [2.24, 2.45) is 0 Å². The molecule has 0 saturated heterocycles. The maximum atomic E-state index is 9.63. The van der Waals surface area contributed by atoms with Gasteiger partial charge in [-0.1, -0.05) is 42.5 Å². The molecule has 0 heterocycles. The number of ether oxygens (including phenoxy) is 2. The quantitative estimate of drug-likeness (QED) is 0.748. The van der Waals surface area contributed by atoms with Crippen LogP contribution in [0.5, 0.6) is 0 Å². The number of hydrogen-bond acceptors (Lipinski definition) is 3. The first-order chi connectivity index (χ1) is 7.27. The average molecular weight is 208 g/mol. The standard InChI is InChI=1S/C12H16O3/c1-14-12(15-2)11(13)9-8-10-6-4-3-5-7-10/h3-9,11-13H,1-2H3/b9-8+. The largest absolute Gasteiger partial charge is 0.384 e. The van der Waals surface area contributed by atoms with Crippen molar-refractivity contribution in [1.82, 2.24) is 0 Å². The van der Waals surface area contributed by atoms with Gasteiger partial charge in [-0.15, -0.1) is 0 Å². The summed E-state index contributed by atoms with van der Waals surface area (Å²) in [6, 6.07) is 9.74. The number of rotatable bonds is 5. The topological polar surface area (TPSA) is 38.7 Å². The average Bonchev–Trinajstić information content (AvgIpc) is 2.29. The normalized spacial score (nSPS) is 13.6. The second-order valence-corrected chi connectivity index (χ2v) is 3.10.